The minimum atomic E-state index is -0.593. The number of nitrogens with zero attached hydrogens (tertiary/aromatic N) is 1. The van der Waals surface area contributed by atoms with Gasteiger partial charge in [-0.3, -0.25) is 4.79 Å². The SMILES string of the molecule is C[C@@H](O)CNC(=O)c1cnc(Cl)c(Cl)c1. The molecule has 0 aliphatic rings. The quantitative estimate of drug-likeness (QED) is 0.798. The molecule has 0 aromatic carbocycles. The molecule has 4 nitrogen and oxygen atoms in total. The highest BCUT2D eigenvalue weighted by Gasteiger charge is 2.09. The van der Waals surface area contributed by atoms with E-state index in [9.17, 15) is 4.79 Å². The maximum absolute atomic E-state index is 11.4. The molecule has 1 rings (SSSR count). The van der Waals surface area contributed by atoms with E-state index in [1.165, 1.54) is 12.3 Å². The topological polar surface area (TPSA) is 62.2 Å². The summed E-state index contributed by atoms with van der Waals surface area (Å²) in [5, 5.41) is 11.9. The maximum Gasteiger partial charge on any atom is 0.252 e. The van der Waals surface area contributed by atoms with Crippen molar-refractivity contribution in [3.8, 4) is 0 Å². The van der Waals surface area contributed by atoms with Crippen LogP contribution in [0, 0.1) is 0 Å². The number of rotatable bonds is 3. The number of pyridine rings is 1. The number of nitrogens with one attached hydrogen (secondary N) is 1. The second-order valence-electron chi connectivity index (χ2n) is 3.06. The Bertz CT molecular complexity index is 369. The number of aromatic nitrogens is 1. The Morgan fingerprint density at radius 3 is 2.87 bits per heavy atom. The third kappa shape index (κ3) is 3.66. The summed E-state index contributed by atoms with van der Waals surface area (Å²) in [7, 11) is 0. The van der Waals surface area contributed by atoms with Crippen LogP contribution in [0.15, 0.2) is 12.3 Å². The molecule has 2 N–H and O–H groups in total. The van der Waals surface area contributed by atoms with Gasteiger partial charge in [-0.15, -0.1) is 0 Å². The lowest BCUT2D eigenvalue weighted by molar-refractivity contribution is 0.0923. The minimum absolute atomic E-state index is 0.156. The predicted octanol–water partition coefficient (Wildman–Crippen LogP) is 1.50. The molecule has 1 aromatic rings. The van der Waals surface area contributed by atoms with Gasteiger partial charge in [-0.1, -0.05) is 23.2 Å². The number of carbonyl (C=O) groups excluding carboxylic acids is 1. The van der Waals surface area contributed by atoms with Crippen LogP contribution in [-0.4, -0.2) is 28.6 Å². The number of carbonyl (C=O) groups is 1. The number of aliphatic hydroxyl groups is 1. The summed E-state index contributed by atoms with van der Waals surface area (Å²) < 4.78 is 0. The van der Waals surface area contributed by atoms with Crippen LogP contribution in [0.5, 0.6) is 0 Å². The van der Waals surface area contributed by atoms with Crippen LogP contribution in [0.3, 0.4) is 0 Å². The lowest BCUT2D eigenvalue weighted by atomic mass is 10.2. The lowest BCUT2D eigenvalue weighted by Gasteiger charge is -2.07. The zero-order valence-corrected chi connectivity index (χ0v) is 9.51. The van der Waals surface area contributed by atoms with Crippen LogP contribution >= 0.6 is 23.2 Å². The van der Waals surface area contributed by atoms with Gasteiger partial charge < -0.3 is 10.4 Å². The summed E-state index contributed by atoms with van der Waals surface area (Å²) in [6.45, 7) is 1.76. The highest BCUT2D eigenvalue weighted by Crippen LogP contribution is 2.19. The zero-order chi connectivity index (χ0) is 11.4. The van der Waals surface area contributed by atoms with Gasteiger partial charge in [0.1, 0.15) is 5.15 Å². The molecule has 0 unspecified atom stereocenters. The summed E-state index contributed by atoms with van der Waals surface area (Å²) in [5.74, 6) is -0.345. The Labute approximate surface area is 97.2 Å². The number of hydrogen-bond donors (Lipinski definition) is 2. The molecular weight excluding hydrogens is 239 g/mol. The predicted molar refractivity (Wildman–Crippen MR) is 58.3 cm³/mol. The van der Waals surface area contributed by atoms with Crippen LogP contribution < -0.4 is 5.32 Å². The van der Waals surface area contributed by atoms with Crippen molar-refractivity contribution in [3.05, 3.63) is 28.0 Å². The van der Waals surface area contributed by atoms with E-state index < -0.39 is 6.10 Å². The fourth-order valence-electron chi connectivity index (χ4n) is 0.888. The third-order valence-electron chi connectivity index (χ3n) is 1.62. The van der Waals surface area contributed by atoms with Gasteiger partial charge in [0.05, 0.1) is 16.7 Å². The summed E-state index contributed by atoms with van der Waals surface area (Å²) in [6.07, 6.45) is 0.732. The number of aliphatic hydroxyl groups excluding tert-OH is 1. The van der Waals surface area contributed by atoms with Crippen molar-refractivity contribution >= 4 is 29.1 Å². The van der Waals surface area contributed by atoms with E-state index in [-0.39, 0.29) is 22.6 Å². The van der Waals surface area contributed by atoms with Crippen LogP contribution in [0.25, 0.3) is 0 Å². The van der Waals surface area contributed by atoms with Crippen LogP contribution in [0.4, 0.5) is 0 Å². The molecule has 0 bridgehead atoms. The molecule has 1 aromatic heterocycles. The fraction of sp³-hybridized carbons (Fsp3) is 0.333. The van der Waals surface area contributed by atoms with E-state index in [0.29, 0.717) is 5.56 Å². The van der Waals surface area contributed by atoms with Gasteiger partial charge in [0, 0.05) is 12.7 Å². The van der Waals surface area contributed by atoms with Gasteiger partial charge in [0.15, 0.2) is 0 Å². The van der Waals surface area contributed by atoms with E-state index in [1.54, 1.807) is 6.92 Å². The summed E-state index contributed by atoms with van der Waals surface area (Å²) in [5.41, 5.74) is 0.310. The molecule has 1 heterocycles. The first-order chi connectivity index (χ1) is 7.00. The number of hydrogen-bond acceptors (Lipinski definition) is 3. The molecule has 0 aliphatic heterocycles. The molecule has 1 atom stereocenters. The molecule has 82 valence electrons. The van der Waals surface area contributed by atoms with Gasteiger partial charge in [-0.2, -0.15) is 0 Å². The first-order valence-electron chi connectivity index (χ1n) is 4.28. The highest BCUT2D eigenvalue weighted by molar-refractivity contribution is 6.41. The van der Waals surface area contributed by atoms with E-state index in [2.05, 4.69) is 10.3 Å². The molecule has 0 spiro atoms. The van der Waals surface area contributed by atoms with Crippen molar-refractivity contribution in [2.24, 2.45) is 0 Å². The minimum Gasteiger partial charge on any atom is -0.392 e. The van der Waals surface area contributed by atoms with Gasteiger partial charge in [-0.25, -0.2) is 4.98 Å². The fourth-order valence-corrected chi connectivity index (χ4v) is 1.16. The second-order valence-corrected chi connectivity index (χ2v) is 3.82. The van der Waals surface area contributed by atoms with Gasteiger partial charge in [0.25, 0.3) is 5.91 Å². The first kappa shape index (κ1) is 12.2. The molecular formula is C9H10Cl2N2O2. The third-order valence-corrected chi connectivity index (χ3v) is 2.30. The summed E-state index contributed by atoms with van der Waals surface area (Å²) in [6, 6.07) is 1.42. The average molecular weight is 249 g/mol. The zero-order valence-electron chi connectivity index (χ0n) is 8.00. The Hall–Kier alpha value is -0.840. The van der Waals surface area contributed by atoms with Crippen molar-refractivity contribution in [3.63, 3.8) is 0 Å². The van der Waals surface area contributed by atoms with Crippen molar-refractivity contribution < 1.29 is 9.90 Å². The molecule has 0 saturated heterocycles. The van der Waals surface area contributed by atoms with E-state index >= 15 is 0 Å². The van der Waals surface area contributed by atoms with Crippen LogP contribution in [0.1, 0.15) is 17.3 Å². The van der Waals surface area contributed by atoms with E-state index in [1.807, 2.05) is 0 Å². The number of amides is 1. The Balaban J connectivity index is 2.70. The Morgan fingerprint density at radius 1 is 1.67 bits per heavy atom. The Morgan fingerprint density at radius 2 is 2.33 bits per heavy atom. The largest absolute Gasteiger partial charge is 0.392 e. The molecule has 0 fully saturated rings. The summed E-state index contributed by atoms with van der Waals surface area (Å²) in [4.78, 5) is 15.2. The monoisotopic (exact) mass is 248 g/mol. The van der Waals surface area contributed by atoms with Crippen molar-refractivity contribution in [2.45, 2.75) is 13.0 Å². The van der Waals surface area contributed by atoms with Gasteiger partial charge >= 0.3 is 0 Å². The molecule has 15 heavy (non-hydrogen) atoms. The smallest absolute Gasteiger partial charge is 0.252 e. The highest BCUT2D eigenvalue weighted by atomic mass is 35.5. The van der Waals surface area contributed by atoms with Gasteiger partial charge in [0.2, 0.25) is 0 Å². The number of halogens is 2. The molecule has 1 amide bonds. The molecule has 6 heteroatoms. The molecule has 0 aliphatic carbocycles. The van der Waals surface area contributed by atoms with Crippen LogP contribution in [-0.2, 0) is 0 Å². The second kappa shape index (κ2) is 5.30. The lowest BCUT2D eigenvalue weighted by Crippen LogP contribution is -2.30. The van der Waals surface area contributed by atoms with E-state index in [0.717, 1.165) is 0 Å². The average Bonchev–Trinajstić information content (AvgIpc) is 2.18. The van der Waals surface area contributed by atoms with Gasteiger partial charge in [-0.05, 0) is 13.0 Å². The standard InChI is InChI=1S/C9H10Cl2N2O2/c1-5(14)3-13-9(15)6-2-7(10)8(11)12-4-6/h2,4-5,14H,3H2,1H3,(H,13,15)/t5-/m1/s1. The maximum atomic E-state index is 11.4. The summed E-state index contributed by atoms with van der Waals surface area (Å²) >= 11 is 11.3. The van der Waals surface area contributed by atoms with Crippen molar-refractivity contribution in [1.29, 1.82) is 0 Å². The van der Waals surface area contributed by atoms with Crippen molar-refractivity contribution in [1.82, 2.24) is 10.3 Å². The Kier molecular flexibility index (Phi) is 4.32. The van der Waals surface area contributed by atoms with E-state index in [4.69, 9.17) is 28.3 Å². The first-order valence-corrected chi connectivity index (χ1v) is 5.03. The van der Waals surface area contributed by atoms with Crippen LogP contribution in [0.2, 0.25) is 10.2 Å². The molecule has 0 radical (unpaired) electrons. The normalized spacial score (nSPS) is 12.3. The molecule has 0 saturated carbocycles. The van der Waals surface area contributed by atoms with Crippen molar-refractivity contribution in [2.75, 3.05) is 6.54 Å².